The summed E-state index contributed by atoms with van der Waals surface area (Å²) in [5.41, 5.74) is 3.12. The summed E-state index contributed by atoms with van der Waals surface area (Å²) in [7, 11) is 2.02. The van der Waals surface area contributed by atoms with E-state index in [2.05, 4.69) is 23.8 Å². The Hall–Kier alpha value is -1.75. The summed E-state index contributed by atoms with van der Waals surface area (Å²) in [6, 6.07) is 7.92. The molecule has 2 rings (SSSR count). The Morgan fingerprint density at radius 2 is 2.15 bits per heavy atom. The lowest BCUT2D eigenvalue weighted by Gasteiger charge is -1.95. The van der Waals surface area contributed by atoms with E-state index in [1.54, 1.807) is 0 Å². The van der Waals surface area contributed by atoms with Gasteiger partial charge in [0.25, 0.3) is 0 Å². The third-order valence-electron chi connectivity index (χ3n) is 2.32. The lowest BCUT2D eigenvalue weighted by atomic mass is 10.1. The molecule has 0 atom stereocenters. The van der Waals surface area contributed by atoms with Crippen LogP contribution in [-0.2, 0) is 7.05 Å². The van der Waals surface area contributed by atoms with E-state index in [1.807, 2.05) is 25.2 Å². The smallest absolute Gasteiger partial charge is 0.0991 e. The van der Waals surface area contributed by atoms with Crippen LogP contribution in [0.25, 0.3) is 10.9 Å². The fraction of sp³-hybridized carbons (Fsp3) is 0.182. The highest BCUT2D eigenvalue weighted by Crippen LogP contribution is 2.20. The van der Waals surface area contributed by atoms with Crippen molar-refractivity contribution in [1.29, 1.82) is 5.26 Å². The SMILES string of the molecule is Cc1cn(C)c2ccc(C#N)cc12. The molecule has 0 N–H and O–H groups in total. The Morgan fingerprint density at radius 3 is 2.85 bits per heavy atom. The minimum atomic E-state index is 0.724. The second-order valence-corrected chi connectivity index (χ2v) is 3.27. The zero-order valence-corrected chi connectivity index (χ0v) is 7.70. The molecular formula is C11H10N2. The lowest BCUT2D eigenvalue weighted by molar-refractivity contribution is 0.964. The summed E-state index contributed by atoms with van der Waals surface area (Å²) in [6.45, 7) is 2.06. The number of nitrogens with zero attached hydrogens (tertiary/aromatic N) is 2. The summed E-state index contributed by atoms with van der Waals surface area (Å²) in [6.07, 6.45) is 2.08. The minimum absolute atomic E-state index is 0.724. The Labute approximate surface area is 77.0 Å². The Bertz CT molecular complexity index is 501. The molecule has 0 saturated heterocycles. The van der Waals surface area contributed by atoms with Gasteiger partial charge in [0.15, 0.2) is 0 Å². The molecule has 0 amide bonds. The summed E-state index contributed by atoms with van der Waals surface area (Å²) in [5, 5.41) is 9.91. The zero-order valence-electron chi connectivity index (χ0n) is 7.70. The van der Waals surface area contributed by atoms with Crippen LogP contribution in [0.1, 0.15) is 11.1 Å². The number of rotatable bonds is 0. The van der Waals surface area contributed by atoms with Crippen molar-refractivity contribution in [3.63, 3.8) is 0 Å². The van der Waals surface area contributed by atoms with Crippen molar-refractivity contribution in [3.05, 3.63) is 35.5 Å². The molecule has 0 aliphatic rings. The van der Waals surface area contributed by atoms with Gasteiger partial charge < -0.3 is 4.57 Å². The number of hydrogen-bond acceptors (Lipinski definition) is 1. The van der Waals surface area contributed by atoms with Gasteiger partial charge in [-0.15, -0.1) is 0 Å². The maximum atomic E-state index is 8.74. The molecule has 0 bridgehead atoms. The predicted molar refractivity (Wildman–Crippen MR) is 52.4 cm³/mol. The first kappa shape index (κ1) is 7.88. The Kier molecular flexibility index (Phi) is 1.60. The van der Waals surface area contributed by atoms with Crippen LogP contribution < -0.4 is 0 Å². The summed E-state index contributed by atoms with van der Waals surface area (Å²) < 4.78 is 2.08. The van der Waals surface area contributed by atoms with Crippen molar-refractivity contribution in [2.45, 2.75) is 6.92 Å². The molecule has 64 valence electrons. The molecule has 2 nitrogen and oxygen atoms in total. The second kappa shape index (κ2) is 2.63. The molecule has 0 aliphatic carbocycles. The van der Waals surface area contributed by atoms with Crippen LogP contribution in [0.4, 0.5) is 0 Å². The molecule has 0 radical (unpaired) electrons. The first-order chi connectivity index (χ1) is 6.22. The quantitative estimate of drug-likeness (QED) is 0.596. The molecular weight excluding hydrogens is 160 g/mol. The monoisotopic (exact) mass is 170 g/mol. The highest BCUT2D eigenvalue weighted by atomic mass is 14.9. The van der Waals surface area contributed by atoms with E-state index in [1.165, 1.54) is 16.5 Å². The van der Waals surface area contributed by atoms with Gasteiger partial charge in [-0.25, -0.2) is 0 Å². The molecule has 0 fully saturated rings. The molecule has 0 aliphatic heterocycles. The average molecular weight is 170 g/mol. The van der Waals surface area contributed by atoms with Crippen molar-refractivity contribution < 1.29 is 0 Å². The van der Waals surface area contributed by atoms with Crippen molar-refractivity contribution in [3.8, 4) is 6.07 Å². The van der Waals surface area contributed by atoms with Gasteiger partial charge >= 0.3 is 0 Å². The predicted octanol–water partition coefficient (Wildman–Crippen LogP) is 2.36. The van der Waals surface area contributed by atoms with E-state index in [0.717, 1.165) is 5.56 Å². The number of aromatic nitrogens is 1. The number of fused-ring (bicyclic) bond motifs is 1. The van der Waals surface area contributed by atoms with E-state index in [4.69, 9.17) is 5.26 Å². The zero-order chi connectivity index (χ0) is 9.42. The lowest BCUT2D eigenvalue weighted by Crippen LogP contribution is -1.83. The van der Waals surface area contributed by atoms with Crippen LogP contribution in [-0.4, -0.2) is 4.57 Å². The Balaban J connectivity index is 2.86. The third-order valence-corrected chi connectivity index (χ3v) is 2.32. The van der Waals surface area contributed by atoms with Crippen molar-refractivity contribution in [2.75, 3.05) is 0 Å². The number of benzene rings is 1. The van der Waals surface area contributed by atoms with Crippen molar-refractivity contribution in [2.24, 2.45) is 7.05 Å². The topological polar surface area (TPSA) is 28.7 Å². The second-order valence-electron chi connectivity index (χ2n) is 3.27. The van der Waals surface area contributed by atoms with Gasteiger partial charge in [0.2, 0.25) is 0 Å². The van der Waals surface area contributed by atoms with Crippen LogP contribution in [0.3, 0.4) is 0 Å². The highest BCUT2D eigenvalue weighted by Gasteiger charge is 2.02. The summed E-state index contributed by atoms with van der Waals surface area (Å²) in [4.78, 5) is 0. The maximum absolute atomic E-state index is 8.74. The van der Waals surface area contributed by atoms with E-state index >= 15 is 0 Å². The third kappa shape index (κ3) is 1.09. The minimum Gasteiger partial charge on any atom is -0.350 e. The normalized spacial score (nSPS) is 10.2. The van der Waals surface area contributed by atoms with Gasteiger partial charge in [-0.3, -0.25) is 0 Å². The van der Waals surface area contributed by atoms with Gasteiger partial charge in [-0.05, 0) is 30.7 Å². The molecule has 1 heterocycles. The molecule has 0 spiro atoms. The molecule has 0 unspecified atom stereocenters. The van der Waals surface area contributed by atoms with Gasteiger partial charge in [0.1, 0.15) is 0 Å². The van der Waals surface area contributed by atoms with Crippen molar-refractivity contribution in [1.82, 2.24) is 4.57 Å². The molecule has 1 aromatic carbocycles. The summed E-state index contributed by atoms with van der Waals surface area (Å²) >= 11 is 0. The molecule has 1 aromatic heterocycles. The number of aryl methyl sites for hydroxylation is 2. The highest BCUT2D eigenvalue weighted by molar-refractivity contribution is 5.84. The van der Waals surface area contributed by atoms with Crippen LogP contribution in [0.5, 0.6) is 0 Å². The molecule has 2 heteroatoms. The van der Waals surface area contributed by atoms with Crippen LogP contribution in [0, 0.1) is 18.3 Å². The van der Waals surface area contributed by atoms with E-state index in [9.17, 15) is 0 Å². The first-order valence-corrected chi connectivity index (χ1v) is 4.18. The van der Waals surface area contributed by atoms with Crippen LogP contribution in [0.2, 0.25) is 0 Å². The maximum Gasteiger partial charge on any atom is 0.0991 e. The standard InChI is InChI=1S/C11H10N2/c1-8-7-13(2)11-4-3-9(6-12)5-10(8)11/h3-5,7H,1-2H3. The first-order valence-electron chi connectivity index (χ1n) is 4.18. The van der Waals surface area contributed by atoms with Crippen molar-refractivity contribution >= 4 is 10.9 Å². The molecule has 13 heavy (non-hydrogen) atoms. The van der Waals surface area contributed by atoms with Gasteiger partial charge in [-0.1, -0.05) is 0 Å². The van der Waals surface area contributed by atoms with E-state index in [-0.39, 0.29) is 0 Å². The fourth-order valence-electron chi connectivity index (χ4n) is 1.66. The van der Waals surface area contributed by atoms with Crippen LogP contribution in [0.15, 0.2) is 24.4 Å². The Morgan fingerprint density at radius 1 is 1.38 bits per heavy atom. The fourth-order valence-corrected chi connectivity index (χ4v) is 1.66. The molecule has 2 aromatic rings. The van der Waals surface area contributed by atoms with Crippen LogP contribution >= 0.6 is 0 Å². The summed E-state index contributed by atoms with van der Waals surface area (Å²) in [5.74, 6) is 0. The average Bonchev–Trinajstić information content (AvgIpc) is 2.42. The largest absolute Gasteiger partial charge is 0.350 e. The van der Waals surface area contributed by atoms with Gasteiger partial charge in [0, 0.05) is 24.1 Å². The number of hydrogen-bond donors (Lipinski definition) is 0. The molecule has 0 saturated carbocycles. The van der Waals surface area contributed by atoms with E-state index in [0.29, 0.717) is 0 Å². The van der Waals surface area contributed by atoms with Gasteiger partial charge in [-0.2, -0.15) is 5.26 Å². The van der Waals surface area contributed by atoms with E-state index < -0.39 is 0 Å². The van der Waals surface area contributed by atoms with Gasteiger partial charge in [0.05, 0.1) is 11.6 Å². The number of nitriles is 1.